The Labute approximate surface area is 131 Å². The molecule has 0 atom stereocenters. The van der Waals surface area contributed by atoms with Crippen LogP contribution in [-0.4, -0.2) is 46.4 Å². The maximum absolute atomic E-state index is 12.3. The number of amides is 2. The van der Waals surface area contributed by atoms with E-state index in [4.69, 9.17) is 0 Å². The normalized spacial score (nSPS) is 29.8. The molecule has 124 valence electrons. The number of nitrogens with zero attached hydrogens (tertiary/aromatic N) is 1. The first kappa shape index (κ1) is 16.8. The Morgan fingerprint density at radius 1 is 1.27 bits per heavy atom. The number of carboxylic acid groups (broad SMARTS) is 1. The van der Waals surface area contributed by atoms with Crippen LogP contribution in [-0.2, 0) is 14.4 Å². The number of aliphatic carboxylic acids is 1. The number of likely N-dealkylation sites (tertiary alicyclic amines) is 1. The van der Waals surface area contributed by atoms with E-state index in [0.717, 1.165) is 32.1 Å². The zero-order valence-electron chi connectivity index (χ0n) is 13.3. The molecule has 1 heterocycles. The van der Waals surface area contributed by atoms with E-state index in [1.54, 1.807) is 4.90 Å². The molecular weight excluding hydrogens is 284 g/mol. The van der Waals surface area contributed by atoms with Gasteiger partial charge in [-0.1, -0.05) is 13.3 Å². The molecule has 1 aliphatic carbocycles. The second-order valence-electron chi connectivity index (χ2n) is 6.74. The highest BCUT2D eigenvalue weighted by molar-refractivity contribution is 5.90. The van der Waals surface area contributed by atoms with Crippen LogP contribution in [0.5, 0.6) is 0 Å². The van der Waals surface area contributed by atoms with Gasteiger partial charge in [-0.25, -0.2) is 4.79 Å². The smallest absolute Gasteiger partial charge is 0.329 e. The van der Waals surface area contributed by atoms with Crippen LogP contribution in [0.2, 0.25) is 0 Å². The van der Waals surface area contributed by atoms with Gasteiger partial charge in [-0.05, 0) is 44.4 Å². The minimum atomic E-state index is -1.15. The van der Waals surface area contributed by atoms with E-state index >= 15 is 0 Å². The zero-order valence-corrected chi connectivity index (χ0v) is 13.3. The molecule has 2 rings (SSSR count). The van der Waals surface area contributed by atoms with Gasteiger partial charge in [-0.15, -0.1) is 0 Å². The molecular formula is C16H26N2O4. The quantitative estimate of drug-likeness (QED) is 0.824. The summed E-state index contributed by atoms with van der Waals surface area (Å²) in [4.78, 5) is 37.4. The van der Waals surface area contributed by atoms with Crippen LogP contribution in [0.15, 0.2) is 0 Å². The Balaban J connectivity index is 1.96. The summed E-state index contributed by atoms with van der Waals surface area (Å²) in [5.41, 5.74) is -1.15. The average Bonchev–Trinajstić information content (AvgIpc) is 2.67. The lowest BCUT2D eigenvalue weighted by atomic mass is 9.77. The zero-order chi connectivity index (χ0) is 16.2. The Morgan fingerprint density at radius 3 is 2.59 bits per heavy atom. The Hall–Kier alpha value is -1.59. The largest absolute Gasteiger partial charge is 0.480 e. The van der Waals surface area contributed by atoms with Crippen molar-refractivity contribution < 1.29 is 19.5 Å². The van der Waals surface area contributed by atoms with Crippen molar-refractivity contribution >= 4 is 17.8 Å². The van der Waals surface area contributed by atoms with E-state index in [1.807, 2.05) is 0 Å². The highest BCUT2D eigenvalue weighted by Gasteiger charge is 2.42. The predicted molar refractivity (Wildman–Crippen MR) is 81.2 cm³/mol. The number of hydrogen-bond acceptors (Lipinski definition) is 3. The SMILES string of the molecule is CC1CCC(NC(=O)CN2CCCCCC2=O)(C(=O)O)CC1. The molecule has 0 spiro atoms. The molecule has 0 radical (unpaired) electrons. The fourth-order valence-corrected chi connectivity index (χ4v) is 3.33. The summed E-state index contributed by atoms with van der Waals surface area (Å²) in [7, 11) is 0. The van der Waals surface area contributed by atoms with Crippen molar-refractivity contribution in [3.8, 4) is 0 Å². The van der Waals surface area contributed by atoms with E-state index in [9.17, 15) is 19.5 Å². The first-order chi connectivity index (χ1) is 10.4. The van der Waals surface area contributed by atoms with Crippen LogP contribution >= 0.6 is 0 Å². The van der Waals surface area contributed by atoms with Gasteiger partial charge in [0.25, 0.3) is 0 Å². The number of nitrogens with one attached hydrogen (secondary N) is 1. The van der Waals surface area contributed by atoms with Gasteiger partial charge in [0, 0.05) is 13.0 Å². The van der Waals surface area contributed by atoms with Gasteiger partial charge in [-0.3, -0.25) is 9.59 Å². The molecule has 2 amide bonds. The lowest BCUT2D eigenvalue weighted by molar-refractivity contribution is -0.150. The van der Waals surface area contributed by atoms with Gasteiger partial charge in [-0.2, -0.15) is 0 Å². The Kier molecular flexibility index (Phi) is 5.42. The number of rotatable bonds is 4. The summed E-state index contributed by atoms with van der Waals surface area (Å²) in [5, 5.41) is 12.2. The topological polar surface area (TPSA) is 86.7 Å². The van der Waals surface area contributed by atoms with Crippen LogP contribution in [0, 0.1) is 5.92 Å². The van der Waals surface area contributed by atoms with Crippen molar-refractivity contribution in [3.05, 3.63) is 0 Å². The third-order valence-corrected chi connectivity index (χ3v) is 4.92. The standard InChI is InChI=1S/C16H26N2O4/c1-12-6-8-16(9-7-12,15(21)22)17-13(19)11-18-10-4-2-3-5-14(18)20/h12H,2-11H2,1H3,(H,17,19)(H,21,22). The van der Waals surface area contributed by atoms with Crippen molar-refractivity contribution in [3.63, 3.8) is 0 Å². The van der Waals surface area contributed by atoms with Crippen LogP contribution in [0.1, 0.15) is 58.3 Å². The second kappa shape index (κ2) is 7.11. The fourth-order valence-electron chi connectivity index (χ4n) is 3.33. The van der Waals surface area contributed by atoms with Crippen LogP contribution in [0.3, 0.4) is 0 Å². The van der Waals surface area contributed by atoms with Crippen molar-refractivity contribution in [1.82, 2.24) is 10.2 Å². The third-order valence-electron chi connectivity index (χ3n) is 4.92. The molecule has 1 saturated heterocycles. The summed E-state index contributed by atoms with van der Waals surface area (Å²) in [6.45, 7) is 2.66. The van der Waals surface area contributed by atoms with Gasteiger partial charge in [0.05, 0.1) is 6.54 Å². The van der Waals surface area contributed by atoms with Crippen molar-refractivity contribution in [2.45, 2.75) is 63.8 Å². The lowest BCUT2D eigenvalue weighted by Crippen LogP contribution is -2.58. The fraction of sp³-hybridized carbons (Fsp3) is 0.812. The van der Waals surface area contributed by atoms with E-state index in [-0.39, 0.29) is 18.4 Å². The maximum Gasteiger partial charge on any atom is 0.329 e. The minimum Gasteiger partial charge on any atom is -0.480 e. The summed E-state index contributed by atoms with van der Waals surface area (Å²) >= 11 is 0. The van der Waals surface area contributed by atoms with Crippen LogP contribution in [0.4, 0.5) is 0 Å². The summed E-state index contributed by atoms with van der Waals surface area (Å²) in [6.07, 6.45) is 5.78. The molecule has 2 fully saturated rings. The summed E-state index contributed by atoms with van der Waals surface area (Å²) in [5.74, 6) is -0.826. The molecule has 1 aliphatic heterocycles. The number of carbonyl (C=O) groups is 3. The molecule has 0 bridgehead atoms. The Bertz CT molecular complexity index is 441. The molecule has 2 aliphatic rings. The first-order valence-electron chi connectivity index (χ1n) is 8.25. The van der Waals surface area contributed by atoms with Gasteiger partial charge in [0.2, 0.25) is 11.8 Å². The molecule has 0 aromatic rings. The summed E-state index contributed by atoms with van der Waals surface area (Å²) in [6, 6.07) is 0. The van der Waals surface area contributed by atoms with Crippen molar-refractivity contribution in [2.24, 2.45) is 5.92 Å². The van der Waals surface area contributed by atoms with Gasteiger partial charge < -0.3 is 15.3 Å². The van der Waals surface area contributed by atoms with E-state index < -0.39 is 11.5 Å². The summed E-state index contributed by atoms with van der Waals surface area (Å²) < 4.78 is 0. The Morgan fingerprint density at radius 2 is 1.95 bits per heavy atom. The third kappa shape index (κ3) is 3.99. The molecule has 22 heavy (non-hydrogen) atoms. The first-order valence-corrected chi connectivity index (χ1v) is 8.25. The lowest BCUT2D eigenvalue weighted by Gasteiger charge is -2.37. The van der Waals surface area contributed by atoms with Gasteiger partial charge in [0.15, 0.2) is 0 Å². The maximum atomic E-state index is 12.3. The molecule has 0 aromatic heterocycles. The van der Waals surface area contributed by atoms with E-state index in [2.05, 4.69) is 12.2 Å². The number of hydrogen-bond donors (Lipinski definition) is 2. The molecule has 2 N–H and O–H groups in total. The van der Waals surface area contributed by atoms with Gasteiger partial charge >= 0.3 is 5.97 Å². The van der Waals surface area contributed by atoms with E-state index in [1.165, 1.54) is 0 Å². The molecule has 6 heteroatoms. The van der Waals surface area contributed by atoms with Crippen molar-refractivity contribution in [1.29, 1.82) is 0 Å². The monoisotopic (exact) mass is 310 g/mol. The van der Waals surface area contributed by atoms with Crippen molar-refractivity contribution in [2.75, 3.05) is 13.1 Å². The van der Waals surface area contributed by atoms with Gasteiger partial charge in [0.1, 0.15) is 5.54 Å². The highest BCUT2D eigenvalue weighted by Crippen LogP contribution is 2.32. The number of carboxylic acids is 1. The second-order valence-corrected chi connectivity index (χ2v) is 6.74. The number of carbonyl (C=O) groups excluding carboxylic acids is 2. The van der Waals surface area contributed by atoms with E-state index in [0.29, 0.717) is 31.7 Å². The molecule has 0 aromatic carbocycles. The van der Waals surface area contributed by atoms with Crippen LogP contribution in [0.25, 0.3) is 0 Å². The highest BCUT2D eigenvalue weighted by atomic mass is 16.4. The minimum absolute atomic E-state index is 0.00529. The molecule has 6 nitrogen and oxygen atoms in total. The molecule has 1 saturated carbocycles. The predicted octanol–water partition coefficient (Wildman–Crippen LogP) is 1.54. The average molecular weight is 310 g/mol. The van der Waals surface area contributed by atoms with Crippen LogP contribution < -0.4 is 5.32 Å². The molecule has 0 unspecified atom stereocenters.